The maximum atomic E-state index is 13.1. The zero-order chi connectivity index (χ0) is 21.1. The van der Waals surface area contributed by atoms with Crippen molar-refractivity contribution in [2.75, 3.05) is 26.7 Å². The number of benzene rings is 2. The summed E-state index contributed by atoms with van der Waals surface area (Å²) in [4.78, 5) is 16.8. The summed E-state index contributed by atoms with van der Waals surface area (Å²) in [5, 5.41) is 21.8. The number of likely N-dealkylation sites (N-methyl/N-ethyl adjacent to an activating group) is 1. The number of aromatic nitrogens is 3. The summed E-state index contributed by atoms with van der Waals surface area (Å²) in [6.45, 7) is 2.23. The fraction of sp³-hybridized carbons (Fsp3) is 0.409. The molecule has 0 aliphatic carbocycles. The molecular weight excluding hydrogens is 385 g/mol. The van der Waals surface area contributed by atoms with Gasteiger partial charge in [-0.1, -0.05) is 12.1 Å². The third-order valence-corrected chi connectivity index (χ3v) is 5.70. The van der Waals surface area contributed by atoms with Crippen LogP contribution in [0.25, 0.3) is 11.0 Å². The highest BCUT2D eigenvalue weighted by Crippen LogP contribution is 2.25. The van der Waals surface area contributed by atoms with Gasteiger partial charge in [0.1, 0.15) is 16.9 Å². The minimum atomic E-state index is -0.861. The van der Waals surface area contributed by atoms with Gasteiger partial charge in [0.2, 0.25) is 0 Å². The van der Waals surface area contributed by atoms with Crippen molar-refractivity contribution in [1.82, 2.24) is 25.2 Å². The van der Waals surface area contributed by atoms with Crippen molar-refractivity contribution in [3.63, 3.8) is 0 Å². The summed E-state index contributed by atoms with van der Waals surface area (Å²) >= 11 is 0. The maximum Gasteiger partial charge on any atom is 0.253 e. The number of halogens is 1. The van der Waals surface area contributed by atoms with Crippen molar-refractivity contribution < 1.29 is 14.3 Å². The van der Waals surface area contributed by atoms with Gasteiger partial charge in [0.25, 0.3) is 5.91 Å². The van der Waals surface area contributed by atoms with Gasteiger partial charge in [-0.3, -0.25) is 9.69 Å². The van der Waals surface area contributed by atoms with E-state index in [1.54, 1.807) is 35.2 Å². The van der Waals surface area contributed by atoms with Gasteiger partial charge in [-0.2, -0.15) is 15.4 Å². The first-order valence-corrected chi connectivity index (χ1v) is 10.2. The Balaban J connectivity index is 1.37. The topological polar surface area (TPSA) is 85.4 Å². The molecule has 0 bridgehead atoms. The number of hydrogen-bond donors (Lipinski definition) is 2. The molecule has 3 aromatic rings. The van der Waals surface area contributed by atoms with E-state index in [0.29, 0.717) is 50.1 Å². The van der Waals surface area contributed by atoms with Crippen molar-refractivity contribution in [2.45, 2.75) is 31.4 Å². The van der Waals surface area contributed by atoms with Gasteiger partial charge in [0, 0.05) is 31.7 Å². The van der Waals surface area contributed by atoms with Crippen LogP contribution in [-0.2, 0) is 6.54 Å². The number of rotatable bonds is 5. The Bertz CT molecular complexity index is 1020. The third-order valence-electron chi connectivity index (χ3n) is 5.70. The van der Waals surface area contributed by atoms with E-state index >= 15 is 0 Å². The summed E-state index contributed by atoms with van der Waals surface area (Å²) in [5.74, 6) is -0.305. The van der Waals surface area contributed by atoms with E-state index in [9.17, 15) is 14.3 Å². The molecule has 1 aliphatic heterocycles. The first kappa shape index (κ1) is 20.4. The van der Waals surface area contributed by atoms with Crippen LogP contribution in [-0.4, -0.2) is 68.5 Å². The predicted octanol–water partition coefficient (Wildman–Crippen LogP) is 2.59. The number of carbonyl (C=O) groups excluding carboxylic acids is 1. The number of aromatic amines is 1. The number of likely N-dealkylation sites (tertiary alicyclic amines) is 1. The van der Waals surface area contributed by atoms with Crippen LogP contribution in [0.1, 0.15) is 35.2 Å². The van der Waals surface area contributed by atoms with Crippen LogP contribution in [0.3, 0.4) is 0 Å². The van der Waals surface area contributed by atoms with Crippen molar-refractivity contribution >= 4 is 16.9 Å². The quantitative estimate of drug-likeness (QED) is 0.674. The summed E-state index contributed by atoms with van der Waals surface area (Å²) in [6, 6.07) is 11.7. The molecule has 158 valence electrons. The number of nitrogens with one attached hydrogen (secondary N) is 1. The molecule has 2 N–H and O–H groups in total. The molecular formula is C22H26FN5O2. The molecule has 7 nitrogen and oxygen atoms in total. The minimum absolute atomic E-state index is 0.0520. The van der Waals surface area contributed by atoms with Crippen LogP contribution in [0.2, 0.25) is 0 Å². The van der Waals surface area contributed by atoms with E-state index in [2.05, 4.69) is 15.4 Å². The van der Waals surface area contributed by atoms with Gasteiger partial charge < -0.3 is 10.0 Å². The lowest BCUT2D eigenvalue weighted by atomic mass is 9.94. The average molecular weight is 411 g/mol. The lowest BCUT2D eigenvalue weighted by Gasteiger charge is -2.31. The van der Waals surface area contributed by atoms with E-state index < -0.39 is 5.60 Å². The first-order chi connectivity index (χ1) is 14.4. The molecule has 30 heavy (non-hydrogen) atoms. The molecule has 0 spiro atoms. The molecule has 2 aromatic carbocycles. The van der Waals surface area contributed by atoms with E-state index in [-0.39, 0.29) is 11.7 Å². The third kappa shape index (κ3) is 4.66. The van der Waals surface area contributed by atoms with Gasteiger partial charge in [0.15, 0.2) is 0 Å². The minimum Gasteiger partial charge on any atom is -0.388 e. The van der Waals surface area contributed by atoms with Gasteiger partial charge in [-0.25, -0.2) is 4.39 Å². The maximum absolute atomic E-state index is 13.1. The van der Waals surface area contributed by atoms with Crippen LogP contribution in [0.5, 0.6) is 0 Å². The summed E-state index contributed by atoms with van der Waals surface area (Å²) in [6.07, 6.45) is 1.88. The molecule has 2 heterocycles. The number of hydrogen-bond acceptors (Lipinski definition) is 5. The molecule has 1 saturated heterocycles. The van der Waals surface area contributed by atoms with Crippen molar-refractivity contribution in [2.24, 2.45) is 0 Å². The molecule has 1 fully saturated rings. The molecule has 0 saturated carbocycles. The van der Waals surface area contributed by atoms with Crippen LogP contribution in [0.4, 0.5) is 4.39 Å². The first-order valence-electron chi connectivity index (χ1n) is 10.2. The monoisotopic (exact) mass is 411 g/mol. The van der Waals surface area contributed by atoms with Gasteiger partial charge in [-0.15, -0.1) is 0 Å². The normalized spacial score (nSPS) is 19.9. The van der Waals surface area contributed by atoms with Gasteiger partial charge in [0.05, 0.1) is 5.60 Å². The number of aliphatic hydroxyl groups is 1. The number of nitrogens with zero attached hydrogens (tertiary/aromatic N) is 4. The highest BCUT2D eigenvalue weighted by molar-refractivity contribution is 5.97. The highest BCUT2D eigenvalue weighted by Gasteiger charge is 2.33. The van der Waals surface area contributed by atoms with E-state index in [1.165, 1.54) is 12.1 Å². The zero-order valence-corrected chi connectivity index (χ0v) is 17.0. The summed E-state index contributed by atoms with van der Waals surface area (Å²) < 4.78 is 13.1. The second kappa shape index (κ2) is 8.49. The molecule has 1 atom stereocenters. The second-order valence-corrected chi connectivity index (χ2v) is 8.20. The van der Waals surface area contributed by atoms with Crippen LogP contribution in [0, 0.1) is 5.82 Å². The Kier molecular flexibility index (Phi) is 5.78. The molecule has 1 unspecified atom stereocenters. The molecule has 1 aromatic heterocycles. The molecule has 1 amide bonds. The van der Waals surface area contributed by atoms with Gasteiger partial charge >= 0.3 is 0 Å². The SMILES string of the molecule is CN(Cc1ccc(F)cc1)CC1(O)CCCN(C(=O)c2ccc3n[nH]nc3c2)CC1. The zero-order valence-electron chi connectivity index (χ0n) is 17.0. The lowest BCUT2D eigenvalue weighted by Crippen LogP contribution is -2.42. The molecule has 8 heteroatoms. The summed E-state index contributed by atoms with van der Waals surface area (Å²) in [5.41, 5.74) is 2.10. The Morgan fingerprint density at radius 1 is 1.17 bits per heavy atom. The predicted molar refractivity (Wildman–Crippen MR) is 111 cm³/mol. The smallest absolute Gasteiger partial charge is 0.253 e. The standard InChI is InChI=1S/C22H26FN5O2/c1-27(14-16-3-6-18(23)7-4-16)15-22(30)9-2-11-28(12-10-22)21(29)17-5-8-19-20(13-17)25-26-24-19/h3-8,13,30H,2,9-12,14-15H2,1H3,(H,24,25,26). The van der Waals surface area contributed by atoms with Crippen molar-refractivity contribution in [3.05, 3.63) is 59.4 Å². The highest BCUT2D eigenvalue weighted by atomic mass is 19.1. The molecule has 0 radical (unpaired) electrons. The van der Waals surface area contributed by atoms with Crippen LogP contribution >= 0.6 is 0 Å². The van der Waals surface area contributed by atoms with Crippen LogP contribution in [0.15, 0.2) is 42.5 Å². The number of fused-ring (bicyclic) bond motifs is 1. The largest absolute Gasteiger partial charge is 0.388 e. The fourth-order valence-corrected chi connectivity index (χ4v) is 4.16. The Hall–Kier alpha value is -2.84. The van der Waals surface area contributed by atoms with Crippen molar-refractivity contribution in [3.8, 4) is 0 Å². The number of carbonyl (C=O) groups is 1. The van der Waals surface area contributed by atoms with E-state index in [1.807, 2.05) is 11.9 Å². The summed E-state index contributed by atoms with van der Waals surface area (Å²) in [7, 11) is 1.95. The molecule has 4 rings (SSSR count). The van der Waals surface area contributed by atoms with Crippen molar-refractivity contribution in [1.29, 1.82) is 0 Å². The van der Waals surface area contributed by atoms with Gasteiger partial charge in [-0.05, 0) is 62.2 Å². The lowest BCUT2D eigenvalue weighted by molar-refractivity contribution is -0.00401. The Labute approximate surface area is 174 Å². The van der Waals surface area contributed by atoms with E-state index in [4.69, 9.17) is 0 Å². The average Bonchev–Trinajstić information content (AvgIpc) is 3.11. The molecule has 1 aliphatic rings. The Morgan fingerprint density at radius 3 is 2.73 bits per heavy atom. The number of H-pyrrole nitrogens is 1. The van der Waals surface area contributed by atoms with E-state index in [0.717, 1.165) is 17.5 Å². The fourth-order valence-electron chi connectivity index (χ4n) is 4.16. The Morgan fingerprint density at radius 2 is 1.93 bits per heavy atom. The number of amides is 1. The second-order valence-electron chi connectivity index (χ2n) is 8.20. The van der Waals surface area contributed by atoms with Crippen LogP contribution < -0.4 is 0 Å².